The number of aromatic nitrogens is 1. The van der Waals surface area contributed by atoms with E-state index in [-0.39, 0.29) is 24.8 Å². The van der Waals surface area contributed by atoms with Crippen molar-refractivity contribution in [1.29, 1.82) is 0 Å². The van der Waals surface area contributed by atoms with Crippen LogP contribution in [-0.4, -0.2) is 30.3 Å². The molecule has 3 aromatic rings. The summed E-state index contributed by atoms with van der Waals surface area (Å²) >= 11 is 0. The Balaban J connectivity index is 1.39. The van der Waals surface area contributed by atoms with Crippen LogP contribution in [0.4, 0.5) is 0 Å². The molecule has 2 atom stereocenters. The summed E-state index contributed by atoms with van der Waals surface area (Å²) < 4.78 is 11.0. The van der Waals surface area contributed by atoms with Crippen LogP contribution in [0.3, 0.4) is 0 Å². The van der Waals surface area contributed by atoms with Gasteiger partial charge in [0.15, 0.2) is 11.5 Å². The van der Waals surface area contributed by atoms with Crippen molar-refractivity contribution in [2.75, 3.05) is 13.3 Å². The molecule has 1 aromatic heterocycles. The predicted octanol–water partition coefficient (Wildman–Crippen LogP) is 3.03. The highest BCUT2D eigenvalue weighted by Crippen LogP contribution is 2.39. The number of ether oxygens (including phenoxy) is 2. The zero-order valence-corrected chi connectivity index (χ0v) is 16.0. The van der Waals surface area contributed by atoms with Crippen molar-refractivity contribution >= 4 is 16.8 Å². The quantitative estimate of drug-likeness (QED) is 0.641. The Morgan fingerprint density at radius 1 is 1.10 bits per heavy atom. The largest absolute Gasteiger partial charge is 0.454 e. The molecule has 29 heavy (non-hydrogen) atoms. The summed E-state index contributed by atoms with van der Waals surface area (Å²) in [4.78, 5) is 16.5. The molecule has 148 valence electrons. The maximum Gasteiger partial charge on any atom is 0.237 e. The van der Waals surface area contributed by atoms with Gasteiger partial charge in [0.1, 0.15) is 0 Å². The first-order chi connectivity index (χ1) is 14.3. The number of fused-ring (bicyclic) bond motifs is 4. The van der Waals surface area contributed by atoms with Gasteiger partial charge in [-0.2, -0.15) is 0 Å². The van der Waals surface area contributed by atoms with E-state index in [4.69, 9.17) is 9.47 Å². The lowest BCUT2D eigenvalue weighted by molar-refractivity contribution is -0.123. The summed E-state index contributed by atoms with van der Waals surface area (Å²) in [5.41, 5.74) is 4.50. The van der Waals surface area contributed by atoms with Gasteiger partial charge >= 0.3 is 0 Å². The fourth-order valence-corrected chi connectivity index (χ4v) is 4.45. The number of rotatable bonds is 4. The number of amides is 1. The van der Waals surface area contributed by atoms with Crippen molar-refractivity contribution in [3.8, 4) is 11.5 Å². The Kier molecular flexibility index (Phi) is 3.81. The van der Waals surface area contributed by atoms with Gasteiger partial charge in [0.05, 0.1) is 12.1 Å². The van der Waals surface area contributed by atoms with E-state index >= 15 is 0 Å². The van der Waals surface area contributed by atoms with E-state index in [1.54, 1.807) is 0 Å². The van der Waals surface area contributed by atoms with E-state index in [0.717, 1.165) is 34.8 Å². The number of aromatic amines is 1. The Hall–Kier alpha value is -2.99. The monoisotopic (exact) mass is 389 g/mol. The van der Waals surface area contributed by atoms with Crippen molar-refractivity contribution < 1.29 is 14.3 Å². The Bertz CT molecular complexity index is 1100. The minimum atomic E-state index is -0.268. The van der Waals surface area contributed by atoms with Gasteiger partial charge in [-0.05, 0) is 54.5 Å². The average molecular weight is 389 g/mol. The van der Waals surface area contributed by atoms with Gasteiger partial charge in [-0.25, -0.2) is 0 Å². The predicted molar refractivity (Wildman–Crippen MR) is 109 cm³/mol. The minimum absolute atomic E-state index is 0.0820. The Morgan fingerprint density at radius 2 is 1.97 bits per heavy atom. The summed E-state index contributed by atoms with van der Waals surface area (Å²) in [6.07, 6.45) is 3.13. The Morgan fingerprint density at radius 3 is 2.86 bits per heavy atom. The standard InChI is InChI=1S/C23H23N3O3/c27-23(24-11-13-5-6-13)18-10-16-15-3-1-2-4-17(15)25-22(16)21(26-18)14-7-8-19-20(9-14)29-12-28-19/h1-4,7-9,13,18,21,25-26H,5-6,10-12H2,(H,24,27)/t18-,21-/m0/s1. The molecule has 6 nitrogen and oxygen atoms in total. The third kappa shape index (κ3) is 2.95. The van der Waals surface area contributed by atoms with E-state index in [1.807, 2.05) is 24.3 Å². The van der Waals surface area contributed by atoms with Crippen LogP contribution in [0.15, 0.2) is 42.5 Å². The normalized spacial score (nSPS) is 22.5. The van der Waals surface area contributed by atoms with Crippen LogP contribution >= 0.6 is 0 Å². The van der Waals surface area contributed by atoms with Crippen LogP contribution in [0.1, 0.15) is 35.7 Å². The summed E-state index contributed by atoms with van der Waals surface area (Å²) in [7, 11) is 0. The summed E-state index contributed by atoms with van der Waals surface area (Å²) in [6.45, 7) is 1.03. The van der Waals surface area contributed by atoms with Gasteiger partial charge in [0, 0.05) is 23.1 Å². The zero-order chi connectivity index (χ0) is 19.4. The number of para-hydroxylation sites is 1. The van der Waals surface area contributed by atoms with Crippen LogP contribution < -0.4 is 20.1 Å². The molecule has 3 heterocycles. The molecule has 2 aromatic carbocycles. The molecule has 3 aliphatic rings. The molecule has 1 amide bonds. The smallest absolute Gasteiger partial charge is 0.237 e. The second kappa shape index (κ2) is 6.52. The molecule has 0 radical (unpaired) electrons. The SMILES string of the molecule is O=C(NCC1CC1)[C@@H]1Cc2c([nH]c3ccccc23)[C@H](c2ccc3c(c2)OCO3)N1. The van der Waals surface area contributed by atoms with E-state index in [9.17, 15) is 4.79 Å². The first kappa shape index (κ1) is 16.9. The highest BCUT2D eigenvalue weighted by molar-refractivity contribution is 5.88. The number of hydrogen-bond acceptors (Lipinski definition) is 4. The third-order valence-electron chi connectivity index (χ3n) is 6.22. The summed E-state index contributed by atoms with van der Waals surface area (Å²) in [6, 6.07) is 13.9. The van der Waals surface area contributed by atoms with Gasteiger partial charge in [0.25, 0.3) is 0 Å². The molecule has 6 heteroatoms. The van der Waals surface area contributed by atoms with Crippen LogP contribution in [0, 0.1) is 5.92 Å². The Labute approximate surface area is 168 Å². The van der Waals surface area contributed by atoms with Gasteiger partial charge < -0.3 is 19.8 Å². The van der Waals surface area contributed by atoms with Gasteiger partial charge in [-0.3, -0.25) is 10.1 Å². The number of hydrogen-bond donors (Lipinski definition) is 3. The van der Waals surface area contributed by atoms with Crippen molar-refractivity contribution in [2.45, 2.75) is 31.3 Å². The van der Waals surface area contributed by atoms with Crippen LogP contribution in [-0.2, 0) is 11.2 Å². The van der Waals surface area contributed by atoms with Crippen molar-refractivity contribution in [2.24, 2.45) is 5.92 Å². The molecule has 0 spiro atoms. The summed E-state index contributed by atoms with van der Waals surface area (Å²) in [5.74, 6) is 2.26. The molecule has 2 aliphatic heterocycles. The van der Waals surface area contributed by atoms with Crippen molar-refractivity contribution in [3.05, 3.63) is 59.3 Å². The maximum absolute atomic E-state index is 12.9. The van der Waals surface area contributed by atoms with Crippen LogP contribution in [0.25, 0.3) is 10.9 Å². The van der Waals surface area contributed by atoms with E-state index in [0.29, 0.717) is 12.3 Å². The first-order valence-corrected chi connectivity index (χ1v) is 10.3. The van der Waals surface area contributed by atoms with E-state index in [2.05, 4.69) is 33.8 Å². The topological polar surface area (TPSA) is 75.4 Å². The molecular formula is C23H23N3O3. The molecule has 1 saturated carbocycles. The van der Waals surface area contributed by atoms with Crippen LogP contribution in [0.2, 0.25) is 0 Å². The van der Waals surface area contributed by atoms with E-state index in [1.165, 1.54) is 23.8 Å². The zero-order valence-electron chi connectivity index (χ0n) is 16.0. The number of carbonyl (C=O) groups excluding carboxylic acids is 1. The fraction of sp³-hybridized carbons (Fsp3) is 0.348. The molecule has 1 fully saturated rings. The van der Waals surface area contributed by atoms with Crippen LogP contribution in [0.5, 0.6) is 11.5 Å². The van der Waals surface area contributed by atoms with E-state index < -0.39 is 0 Å². The second-order valence-corrected chi connectivity index (χ2v) is 8.22. The van der Waals surface area contributed by atoms with Gasteiger partial charge in [-0.15, -0.1) is 0 Å². The van der Waals surface area contributed by atoms with Crippen molar-refractivity contribution in [3.63, 3.8) is 0 Å². The highest BCUT2D eigenvalue weighted by atomic mass is 16.7. The van der Waals surface area contributed by atoms with Gasteiger partial charge in [-0.1, -0.05) is 24.3 Å². The molecule has 0 unspecified atom stereocenters. The number of benzene rings is 2. The lowest BCUT2D eigenvalue weighted by Gasteiger charge is -2.31. The molecule has 6 rings (SSSR count). The second-order valence-electron chi connectivity index (χ2n) is 8.22. The highest BCUT2D eigenvalue weighted by Gasteiger charge is 2.35. The lowest BCUT2D eigenvalue weighted by atomic mass is 9.90. The average Bonchev–Trinajstić information content (AvgIpc) is 3.33. The molecule has 1 aliphatic carbocycles. The van der Waals surface area contributed by atoms with Crippen molar-refractivity contribution in [1.82, 2.24) is 15.6 Å². The molecular weight excluding hydrogens is 366 g/mol. The summed E-state index contributed by atoms with van der Waals surface area (Å²) in [5, 5.41) is 7.91. The third-order valence-corrected chi connectivity index (χ3v) is 6.22. The molecule has 0 bridgehead atoms. The fourth-order valence-electron chi connectivity index (χ4n) is 4.45. The van der Waals surface area contributed by atoms with Gasteiger partial charge in [0.2, 0.25) is 12.7 Å². The lowest BCUT2D eigenvalue weighted by Crippen LogP contribution is -2.50. The minimum Gasteiger partial charge on any atom is -0.454 e. The number of nitrogens with one attached hydrogen (secondary N) is 3. The number of H-pyrrole nitrogens is 1. The maximum atomic E-state index is 12.9. The number of carbonyl (C=O) groups is 1. The molecule has 0 saturated heterocycles. The molecule has 3 N–H and O–H groups in total. The first-order valence-electron chi connectivity index (χ1n) is 10.3.